The smallest absolute Gasteiger partial charge is 0.317 e. The molecule has 5 nitrogen and oxygen atoms in total. The predicted molar refractivity (Wildman–Crippen MR) is 96.0 cm³/mol. The van der Waals surface area contributed by atoms with Crippen molar-refractivity contribution >= 4 is 6.03 Å². The zero-order valence-corrected chi connectivity index (χ0v) is 14.8. The minimum absolute atomic E-state index is 0.150. The summed E-state index contributed by atoms with van der Waals surface area (Å²) in [5, 5.41) is 3.27. The summed E-state index contributed by atoms with van der Waals surface area (Å²) in [6.45, 7) is 6.32. The lowest BCUT2D eigenvalue weighted by molar-refractivity contribution is 0.145. The van der Waals surface area contributed by atoms with Gasteiger partial charge in [0.1, 0.15) is 0 Å². The van der Waals surface area contributed by atoms with E-state index < -0.39 is 0 Å². The Morgan fingerprint density at radius 2 is 1.92 bits per heavy atom. The van der Waals surface area contributed by atoms with Crippen LogP contribution in [0.5, 0.6) is 0 Å². The second kappa shape index (κ2) is 8.47. The van der Waals surface area contributed by atoms with Crippen molar-refractivity contribution in [3.05, 3.63) is 30.1 Å². The van der Waals surface area contributed by atoms with E-state index in [9.17, 15) is 4.79 Å². The lowest BCUT2D eigenvalue weighted by Crippen LogP contribution is -2.52. The minimum atomic E-state index is 0.150. The van der Waals surface area contributed by atoms with Crippen LogP contribution in [-0.4, -0.2) is 59.1 Å². The first-order valence-corrected chi connectivity index (χ1v) is 9.41. The van der Waals surface area contributed by atoms with Gasteiger partial charge in [-0.3, -0.25) is 4.98 Å². The number of pyridine rings is 1. The van der Waals surface area contributed by atoms with E-state index in [2.05, 4.69) is 34.3 Å². The van der Waals surface area contributed by atoms with Gasteiger partial charge in [-0.25, -0.2) is 4.79 Å². The topological polar surface area (TPSA) is 48.5 Å². The number of aromatic nitrogens is 1. The number of amides is 2. The normalized spacial score (nSPS) is 23.2. The number of piperidine rings is 2. The second-order valence-electron chi connectivity index (χ2n) is 7.21. The molecule has 1 N–H and O–H groups in total. The molecule has 132 valence electrons. The first kappa shape index (κ1) is 17.2. The van der Waals surface area contributed by atoms with Crippen LogP contribution in [0.2, 0.25) is 0 Å². The van der Waals surface area contributed by atoms with E-state index in [1.807, 2.05) is 17.3 Å². The molecule has 2 aliphatic heterocycles. The number of urea groups is 1. The van der Waals surface area contributed by atoms with E-state index in [1.165, 1.54) is 12.0 Å². The molecule has 5 heteroatoms. The van der Waals surface area contributed by atoms with Gasteiger partial charge in [0, 0.05) is 50.7 Å². The maximum atomic E-state index is 12.5. The van der Waals surface area contributed by atoms with Crippen LogP contribution in [0.1, 0.15) is 44.6 Å². The molecule has 2 saturated heterocycles. The van der Waals surface area contributed by atoms with E-state index in [-0.39, 0.29) is 6.03 Å². The monoisotopic (exact) mass is 330 g/mol. The number of hydrogen-bond acceptors (Lipinski definition) is 3. The zero-order chi connectivity index (χ0) is 16.8. The molecule has 1 atom stereocenters. The van der Waals surface area contributed by atoms with Gasteiger partial charge in [0.15, 0.2) is 0 Å². The fourth-order valence-electron chi connectivity index (χ4n) is 3.79. The van der Waals surface area contributed by atoms with Gasteiger partial charge in [-0.05, 0) is 63.1 Å². The van der Waals surface area contributed by atoms with E-state index in [4.69, 9.17) is 0 Å². The van der Waals surface area contributed by atoms with Gasteiger partial charge in [0.2, 0.25) is 0 Å². The fourth-order valence-corrected chi connectivity index (χ4v) is 3.79. The third kappa shape index (κ3) is 4.69. The summed E-state index contributed by atoms with van der Waals surface area (Å²) in [7, 11) is 0. The van der Waals surface area contributed by atoms with Crippen molar-refractivity contribution in [2.45, 2.75) is 57.5 Å². The summed E-state index contributed by atoms with van der Waals surface area (Å²) in [6.07, 6.45) is 10.4. The van der Waals surface area contributed by atoms with Crippen LogP contribution in [-0.2, 0) is 6.42 Å². The number of nitrogens with zero attached hydrogens (tertiary/aromatic N) is 3. The van der Waals surface area contributed by atoms with Crippen LogP contribution in [0.4, 0.5) is 4.79 Å². The highest BCUT2D eigenvalue weighted by atomic mass is 16.2. The van der Waals surface area contributed by atoms with Crippen LogP contribution in [0.15, 0.2) is 24.5 Å². The lowest BCUT2D eigenvalue weighted by Gasteiger charge is -2.37. The summed E-state index contributed by atoms with van der Waals surface area (Å²) in [4.78, 5) is 21.1. The van der Waals surface area contributed by atoms with Gasteiger partial charge in [0.05, 0.1) is 0 Å². The number of nitrogens with one attached hydrogen (secondary N) is 1. The standard InChI is InChI=1S/C19H30N4O/c1-16-4-2-3-12-23(16)19(24)21-18-8-14-22(15-9-18)13-7-17-5-10-20-11-6-17/h5-6,10-11,16,18H,2-4,7-9,12-15H2,1H3,(H,21,24)/t16-/m1/s1. The Labute approximate surface area is 145 Å². The van der Waals surface area contributed by atoms with Gasteiger partial charge < -0.3 is 15.1 Å². The Balaban J connectivity index is 1.38. The van der Waals surface area contributed by atoms with Crippen molar-refractivity contribution in [2.24, 2.45) is 0 Å². The van der Waals surface area contributed by atoms with Gasteiger partial charge in [-0.1, -0.05) is 0 Å². The van der Waals surface area contributed by atoms with Gasteiger partial charge in [-0.2, -0.15) is 0 Å². The molecule has 0 unspecified atom stereocenters. The highest BCUT2D eigenvalue weighted by molar-refractivity contribution is 5.75. The summed E-state index contributed by atoms with van der Waals surface area (Å²) in [5.41, 5.74) is 1.35. The molecule has 0 radical (unpaired) electrons. The van der Waals surface area contributed by atoms with E-state index >= 15 is 0 Å². The summed E-state index contributed by atoms with van der Waals surface area (Å²) in [5.74, 6) is 0. The molecule has 24 heavy (non-hydrogen) atoms. The summed E-state index contributed by atoms with van der Waals surface area (Å²) >= 11 is 0. The molecule has 1 aromatic heterocycles. The summed E-state index contributed by atoms with van der Waals surface area (Å²) < 4.78 is 0. The fraction of sp³-hybridized carbons (Fsp3) is 0.684. The molecule has 2 fully saturated rings. The first-order chi connectivity index (χ1) is 11.7. The molecular weight excluding hydrogens is 300 g/mol. The molecule has 0 saturated carbocycles. The van der Waals surface area contributed by atoms with Crippen molar-refractivity contribution in [3.63, 3.8) is 0 Å². The molecular formula is C19H30N4O. The Morgan fingerprint density at radius 1 is 1.17 bits per heavy atom. The van der Waals surface area contributed by atoms with E-state index in [0.717, 1.165) is 58.3 Å². The zero-order valence-electron chi connectivity index (χ0n) is 14.8. The van der Waals surface area contributed by atoms with Crippen LogP contribution in [0, 0.1) is 0 Å². The molecule has 2 aliphatic rings. The molecule has 2 amide bonds. The van der Waals surface area contributed by atoms with Gasteiger partial charge in [-0.15, -0.1) is 0 Å². The Hall–Kier alpha value is -1.62. The SMILES string of the molecule is C[C@@H]1CCCCN1C(=O)NC1CCN(CCc2ccncc2)CC1. The predicted octanol–water partition coefficient (Wildman–Crippen LogP) is 2.67. The largest absolute Gasteiger partial charge is 0.335 e. The number of carbonyl (C=O) groups excluding carboxylic acids is 1. The third-order valence-corrected chi connectivity index (χ3v) is 5.45. The quantitative estimate of drug-likeness (QED) is 0.923. The second-order valence-corrected chi connectivity index (χ2v) is 7.21. The van der Waals surface area contributed by atoms with Gasteiger partial charge >= 0.3 is 6.03 Å². The molecule has 3 rings (SSSR count). The highest BCUT2D eigenvalue weighted by Crippen LogP contribution is 2.17. The van der Waals surface area contributed by atoms with Crippen molar-refractivity contribution < 1.29 is 4.79 Å². The molecule has 1 aromatic rings. The van der Waals surface area contributed by atoms with Crippen molar-refractivity contribution in [2.75, 3.05) is 26.2 Å². The molecule has 0 aromatic carbocycles. The maximum Gasteiger partial charge on any atom is 0.317 e. The molecule has 0 spiro atoms. The Morgan fingerprint density at radius 3 is 2.62 bits per heavy atom. The first-order valence-electron chi connectivity index (χ1n) is 9.41. The van der Waals surface area contributed by atoms with Crippen molar-refractivity contribution in [1.82, 2.24) is 20.1 Å². The highest BCUT2D eigenvalue weighted by Gasteiger charge is 2.26. The minimum Gasteiger partial charge on any atom is -0.335 e. The van der Waals surface area contributed by atoms with Crippen LogP contribution in [0.25, 0.3) is 0 Å². The van der Waals surface area contributed by atoms with Crippen LogP contribution in [0.3, 0.4) is 0 Å². The number of carbonyl (C=O) groups is 1. The van der Waals surface area contributed by atoms with Crippen LogP contribution >= 0.6 is 0 Å². The van der Waals surface area contributed by atoms with Crippen molar-refractivity contribution in [3.8, 4) is 0 Å². The van der Waals surface area contributed by atoms with E-state index in [1.54, 1.807) is 0 Å². The molecule has 0 aliphatic carbocycles. The van der Waals surface area contributed by atoms with Gasteiger partial charge in [0.25, 0.3) is 0 Å². The Bertz CT molecular complexity index is 513. The number of rotatable bonds is 4. The average molecular weight is 330 g/mol. The number of likely N-dealkylation sites (tertiary alicyclic amines) is 2. The number of hydrogen-bond donors (Lipinski definition) is 1. The average Bonchev–Trinajstić information content (AvgIpc) is 2.62. The Kier molecular flexibility index (Phi) is 6.07. The lowest BCUT2D eigenvalue weighted by atomic mass is 10.0. The summed E-state index contributed by atoms with van der Waals surface area (Å²) in [6, 6.07) is 5.06. The van der Waals surface area contributed by atoms with E-state index in [0.29, 0.717) is 12.1 Å². The molecule has 3 heterocycles. The maximum absolute atomic E-state index is 12.5. The molecule has 0 bridgehead atoms. The third-order valence-electron chi connectivity index (χ3n) is 5.45. The van der Waals surface area contributed by atoms with Crippen LogP contribution < -0.4 is 5.32 Å². The van der Waals surface area contributed by atoms with Crippen molar-refractivity contribution in [1.29, 1.82) is 0 Å².